The number of alkyl halides is 3. The maximum absolute atomic E-state index is 12.8. The molecule has 7 heteroatoms. The second kappa shape index (κ2) is 6.08. The van der Waals surface area contributed by atoms with Crippen molar-refractivity contribution >= 4 is 11.8 Å². The van der Waals surface area contributed by atoms with Gasteiger partial charge in [-0.3, -0.25) is 0 Å². The van der Waals surface area contributed by atoms with Crippen LogP contribution in [0.4, 0.5) is 24.9 Å². The zero-order chi connectivity index (χ0) is 14.6. The fraction of sp³-hybridized carbons (Fsp3) is 0.667. The van der Waals surface area contributed by atoms with Gasteiger partial charge in [0, 0.05) is 25.7 Å². The molecule has 108 valence electrons. The molecule has 1 atom stereocenters. The normalized spacial score (nSPS) is 13.2. The summed E-state index contributed by atoms with van der Waals surface area (Å²) >= 11 is 0. The molecule has 1 aromatic rings. The predicted molar refractivity (Wildman–Crippen MR) is 69.4 cm³/mol. The summed E-state index contributed by atoms with van der Waals surface area (Å²) in [6, 6.07) is 1.11. The summed E-state index contributed by atoms with van der Waals surface area (Å²) in [5.41, 5.74) is -0.927. The van der Waals surface area contributed by atoms with Gasteiger partial charge < -0.3 is 10.2 Å². The summed E-state index contributed by atoms with van der Waals surface area (Å²) in [6.45, 7) is 6.42. The van der Waals surface area contributed by atoms with E-state index >= 15 is 0 Å². The van der Waals surface area contributed by atoms with E-state index in [4.69, 9.17) is 0 Å². The number of rotatable bonds is 5. The molecule has 0 amide bonds. The van der Waals surface area contributed by atoms with Crippen molar-refractivity contribution in [3.63, 3.8) is 0 Å². The first kappa shape index (κ1) is 15.5. The monoisotopic (exact) mass is 276 g/mol. The van der Waals surface area contributed by atoms with Gasteiger partial charge in [-0.05, 0) is 20.3 Å². The largest absolute Gasteiger partial charge is 0.433 e. The van der Waals surface area contributed by atoms with E-state index in [9.17, 15) is 13.2 Å². The van der Waals surface area contributed by atoms with Gasteiger partial charge in [-0.25, -0.2) is 4.98 Å². The number of halogens is 3. The fourth-order valence-electron chi connectivity index (χ4n) is 1.76. The lowest BCUT2D eigenvalue weighted by Crippen LogP contribution is -2.33. The van der Waals surface area contributed by atoms with Crippen LogP contribution < -0.4 is 10.2 Å². The quantitative estimate of drug-likeness (QED) is 0.897. The Labute approximate surface area is 111 Å². The third kappa shape index (κ3) is 3.71. The Morgan fingerprint density at radius 2 is 1.95 bits per heavy atom. The molecule has 0 saturated carbocycles. The third-order valence-corrected chi connectivity index (χ3v) is 2.98. The van der Waals surface area contributed by atoms with Gasteiger partial charge in [0.1, 0.15) is 5.82 Å². The van der Waals surface area contributed by atoms with Crippen LogP contribution in [0.1, 0.15) is 32.9 Å². The minimum absolute atomic E-state index is 0.0217. The van der Waals surface area contributed by atoms with Gasteiger partial charge >= 0.3 is 6.18 Å². The highest BCUT2D eigenvalue weighted by Crippen LogP contribution is 2.31. The van der Waals surface area contributed by atoms with E-state index < -0.39 is 11.9 Å². The molecule has 1 aromatic heterocycles. The summed E-state index contributed by atoms with van der Waals surface area (Å²) in [5.74, 6) is 0.273. The minimum Gasteiger partial charge on any atom is -0.357 e. The first-order valence-corrected chi connectivity index (χ1v) is 6.24. The SMILES string of the molecule is CCC(C)N(CC)c1cc(C(F)(F)F)nc(NC)n1. The van der Waals surface area contributed by atoms with Gasteiger partial charge in [0.2, 0.25) is 5.95 Å². The van der Waals surface area contributed by atoms with Crippen LogP contribution in [0.5, 0.6) is 0 Å². The first-order chi connectivity index (χ1) is 8.83. The summed E-state index contributed by atoms with van der Waals surface area (Å²) < 4.78 is 38.4. The van der Waals surface area contributed by atoms with Gasteiger partial charge in [-0.15, -0.1) is 0 Å². The zero-order valence-electron chi connectivity index (χ0n) is 11.5. The summed E-state index contributed by atoms with van der Waals surface area (Å²) in [4.78, 5) is 9.39. The lowest BCUT2D eigenvalue weighted by atomic mass is 10.2. The van der Waals surface area contributed by atoms with E-state index in [0.29, 0.717) is 12.4 Å². The van der Waals surface area contributed by atoms with Gasteiger partial charge in [-0.2, -0.15) is 18.2 Å². The lowest BCUT2D eigenvalue weighted by Gasteiger charge is -2.29. The Morgan fingerprint density at radius 1 is 1.32 bits per heavy atom. The van der Waals surface area contributed by atoms with Crippen LogP contribution in [0.3, 0.4) is 0 Å². The molecule has 0 bridgehead atoms. The van der Waals surface area contributed by atoms with Crippen LogP contribution in [-0.4, -0.2) is 29.6 Å². The first-order valence-electron chi connectivity index (χ1n) is 6.24. The van der Waals surface area contributed by atoms with Crippen LogP contribution in [-0.2, 0) is 6.18 Å². The second-order valence-corrected chi connectivity index (χ2v) is 4.23. The van der Waals surface area contributed by atoms with Crippen LogP contribution in [0.15, 0.2) is 6.07 Å². The molecule has 0 aliphatic rings. The molecule has 0 spiro atoms. The number of nitrogens with zero attached hydrogens (tertiary/aromatic N) is 3. The van der Waals surface area contributed by atoms with E-state index in [2.05, 4.69) is 15.3 Å². The average Bonchev–Trinajstić information content (AvgIpc) is 2.37. The number of aromatic nitrogens is 2. The molecule has 0 aromatic carbocycles. The number of anilines is 2. The highest BCUT2D eigenvalue weighted by atomic mass is 19.4. The summed E-state index contributed by atoms with van der Waals surface area (Å²) in [7, 11) is 1.50. The van der Waals surface area contributed by atoms with Gasteiger partial charge in [0.15, 0.2) is 5.69 Å². The lowest BCUT2D eigenvalue weighted by molar-refractivity contribution is -0.141. The van der Waals surface area contributed by atoms with Crippen molar-refractivity contribution < 1.29 is 13.2 Å². The average molecular weight is 276 g/mol. The molecule has 1 unspecified atom stereocenters. The van der Waals surface area contributed by atoms with Crippen molar-refractivity contribution in [2.24, 2.45) is 0 Å². The van der Waals surface area contributed by atoms with Crippen molar-refractivity contribution in [1.82, 2.24) is 9.97 Å². The van der Waals surface area contributed by atoms with Crippen LogP contribution in [0, 0.1) is 0 Å². The maximum atomic E-state index is 12.8. The van der Waals surface area contributed by atoms with E-state index in [1.54, 1.807) is 0 Å². The summed E-state index contributed by atoms with van der Waals surface area (Å²) in [5, 5.41) is 2.57. The Kier molecular flexibility index (Phi) is 4.97. The zero-order valence-corrected chi connectivity index (χ0v) is 11.5. The van der Waals surface area contributed by atoms with E-state index in [-0.39, 0.29) is 12.0 Å². The fourth-order valence-corrected chi connectivity index (χ4v) is 1.76. The van der Waals surface area contributed by atoms with Crippen molar-refractivity contribution in [3.8, 4) is 0 Å². The molecule has 1 N–H and O–H groups in total. The standard InChI is InChI=1S/C12H19F3N4/c1-5-8(3)19(6-2)10-7-9(12(13,14)15)17-11(16-4)18-10/h7-8H,5-6H2,1-4H3,(H,16,17,18). The maximum Gasteiger partial charge on any atom is 0.433 e. The molecule has 1 heterocycles. The molecule has 0 fully saturated rings. The second-order valence-electron chi connectivity index (χ2n) is 4.23. The Morgan fingerprint density at radius 3 is 2.37 bits per heavy atom. The van der Waals surface area contributed by atoms with E-state index in [1.807, 2.05) is 25.7 Å². The van der Waals surface area contributed by atoms with Gasteiger partial charge in [0.05, 0.1) is 0 Å². The topological polar surface area (TPSA) is 41.1 Å². The Bertz CT molecular complexity index is 420. The minimum atomic E-state index is -4.47. The molecular formula is C12H19F3N4. The molecular weight excluding hydrogens is 257 g/mol. The number of hydrogen-bond acceptors (Lipinski definition) is 4. The number of hydrogen-bond donors (Lipinski definition) is 1. The van der Waals surface area contributed by atoms with Gasteiger partial charge in [-0.1, -0.05) is 6.92 Å². The molecule has 0 aliphatic carbocycles. The third-order valence-electron chi connectivity index (χ3n) is 2.98. The number of nitrogens with one attached hydrogen (secondary N) is 1. The van der Waals surface area contributed by atoms with E-state index in [0.717, 1.165) is 12.5 Å². The molecule has 1 rings (SSSR count). The van der Waals surface area contributed by atoms with Crippen molar-refractivity contribution in [3.05, 3.63) is 11.8 Å². The summed E-state index contributed by atoms with van der Waals surface area (Å²) in [6.07, 6.45) is -3.65. The van der Waals surface area contributed by atoms with E-state index in [1.165, 1.54) is 7.05 Å². The van der Waals surface area contributed by atoms with Crippen LogP contribution in [0.25, 0.3) is 0 Å². The highest BCUT2D eigenvalue weighted by Gasteiger charge is 2.34. The molecule has 0 radical (unpaired) electrons. The highest BCUT2D eigenvalue weighted by molar-refractivity contribution is 5.46. The Balaban J connectivity index is 3.26. The van der Waals surface area contributed by atoms with Crippen molar-refractivity contribution in [1.29, 1.82) is 0 Å². The molecule has 19 heavy (non-hydrogen) atoms. The predicted octanol–water partition coefficient (Wildman–Crippen LogP) is 3.16. The molecule has 4 nitrogen and oxygen atoms in total. The van der Waals surface area contributed by atoms with Crippen LogP contribution in [0.2, 0.25) is 0 Å². The van der Waals surface area contributed by atoms with Gasteiger partial charge in [0.25, 0.3) is 0 Å². The Hall–Kier alpha value is -1.53. The molecule has 0 saturated heterocycles. The van der Waals surface area contributed by atoms with Crippen LogP contribution >= 0.6 is 0 Å². The van der Waals surface area contributed by atoms with Crippen molar-refractivity contribution in [2.45, 2.75) is 39.4 Å². The smallest absolute Gasteiger partial charge is 0.357 e. The van der Waals surface area contributed by atoms with Crippen molar-refractivity contribution in [2.75, 3.05) is 23.8 Å². The molecule has 0 aliphatic heterocycles.